The van der Waals surface area contributed by atoms with Crippen LogP contribution >= 0.6 is 0 Å². The van der Waals surface area contributed by atoms with E-state index in [1.165, 1.54) is 4.90 Å². The van der Waals surface area contributed by atoms with E-state index >= 15 is 0 Å². The molecular formula is C24H30N4O5. The Morgan fingerprint density at radius 1 is 1.03 bits per heavy atom. The van der Waals surface area contributed by atoms with Crippen LogP contribution in [0.4, 0.5) is 10.5 Å². The van der Waals surface area contributed by atoms with Gasteiger partial charge in [-0.2, -0.15) is 0 Å². The number of hydrogen-bond acceptors (Lipinski definition) is 5. The van der Waals surface area contributed by atoms with Crippen molar-refractivity contribution in [1.29, 1.82) is 0 Å². The third-order valence-corrected chi connectivity index (χ3v) is 5.20. The molecule has 0 saturated heterocycles. The number of urea groups is 1. The van der Waals surface area contributed by atoms with E-state index in [1.54, 1.807) is 55.7 Å². The number of ether oxygens (including phenoxy) is 2. The van der Waals surface area contributed by atoms with Gasteiger partial charge in [0.05, 0.1) is 33.1 Å². The first kappa shape index (κ1) is 23.9. The molecule has 9 nitrogen and oxygen atoms in total. The van der Waals surface area contributed by atoms with Gasteiger partial charge >= 0.3 is 6.03 Å². The van der Waals surface area contributed by atoms with Gasteiger partial charge in [0, 0.05) is 38.3 Å². The van der Waals surface area contributed by atoms with Gasteiger partial charge in [-0.3, -0.25) is 4.79 Å². The summed E-state index contributed by atoms with van der Waals surface area (Å²) >= 11 is 0. The Bertz CT molecular complexity index is 1010. The Labute approximate surface area is 193 Å². The van der Waals surface area contributed by atoms with Crippen molar-refractivity contribution in [3.05, 3.63) is 72.4 Å². The fraction of sp³-hybridized carbons (Fsp3) is 0.333. The van der Waals surface area contributed by atoms with Gasteiger partial charge in [-0.05, 0) is 48.5 Å². The van der Waals surface area contributed by atoms with E-state index in [0.717, 1.165) is 5.69 Å². The van der Waals surface area contributed by atoms with Crippen LogP contribution in [-0.2, 0) is 29.7 Å². The molecule has 1 aromatic carbocycles. The zero-order valence-corrected chi connectivity index (χ0v) is 19.2. The number of furan rings is 1. The maximum absolute atomic E-state index is 13.3. The van der Waals surface area contributed by atoms with Crippen molar-refractivity contribution in [3.63, 3.8) is 0 Å². The molecule has 2 heterocycles. The number of hydrogen-bond donors (Lipinski definition) is 1. The molecule has 33 heavy (non-hydrogen) atoms. The minimum atomic E-state index is -0.387. The lowest BCUT2D eigenvalue weighted by Gasteiger charge is -2.27. The van der Waals surface area contributed by atoms with Crippen LogP contribution in [0.1, 0.15) is 11.5 Å². The summed E-state index contributed by atoms with van der Waals surface area (Å²) in [7, 11) is 5.06. The van der Waals surface area contributed by atoms with Crippen LogP contribution in [-0.4, -0.2) is 60.2 Å². The summed E-state index contributed by atoms with van der Waals surface area (Å²) in [5.41, 5.74) is 1.58. The molecule has 0 atom stereocenters. The smallest absolute Gasteiger partial charge is 0.322 e. The second-order valence-electron chi connectivity index (χ2n) is 7.51. The molecule has 0 unspecified atom stereocenters. The first-order valence-corrected chi connectivity index (χ1v) is 10.6. The first-order valence-electron chi connectivity index (χ1n) is 10.6. The number of amides is 3. The molecular weight excluding hydrogens is 424 g/mol. The molecule has 0 radical (unpaired) electrons. The van der Waals surface area contributed by atoms with Gasteiger partial charge in [-0.15, -0.1) is 0 Å². The quantitative estimate of drug-likeness (QED) is 0.480. The number of methoxy groups -OCH3 is 2. The van der Waals surface area contributed by atoms with Crippen LogP contribution in [0.25, 0.3) is 0 Å². The molecule has 2 aromatic heterocycles. The highest BCUT2D eigenvalue weighted by Crippen LogP contribution is 2.16. The Morgan fingerprint density at radius 2 is 1.82 bits per heavy atom. The second kappa shape index (κ2) is 11.8. The fourth-order valence-corrected chi connectivity index (χ4v) is 3.27. The molecule has 1 N–H and O–H groups in total. The van der Waals surface area contributed by atoms with Crippen molar-refractivity contribution in [3.8, 4) is 5.75 Å². The van der Waals surface area contributed by atoms with Gasteiger partial charge in [-0.1, -0.05) is 0 Å². The van der Waals surface area contributed by atoms with Gasteiger partial charge in [-0.25, -0.2) is 4.79 Å². The van der Waals surface area contributed by atoms with Crippen molar-refractivity contribution in [2.24, 2.45) is 7.05 Å². The molecule has 3 aromatic rings. The van der Waals surface area contributed by atoms with E-state index < -0.39 is 0 Å². The van der Waals surface area contributed by atoms with E-state index in [0.29, 0.717) is 36.9 Å². The summed E-state index contributed by atoms with van der Waals surface area (Å²) in [4.78, 5) is 29.4. The van der Waals surface area contributed by atoms with E-state index in [1.807, 2.05) is 36.0 Å². The van der Waals surface area contributed by atoms with Crippen molar-refractivity contribution in [2.75, 3.05) is 39.2 Å². The lowest BCUT2D eigenvalue weighted by atomic mass is 10.3. The van der Waals surface area contributed by atoms with Crippen molar-refractivity contribution >= 4 is 17.6 Å². The van der Waals surface area contributed by atoms with Crippen LogP contribution in [0, 0.1) is 0 Å². The predicted molar refractivity (Wildman–Crippen MR) is 124 cm³/mol. The SMILES string of the molecule is COCCN(CC(=O)N(Cc1ccco1)Cc1cccn1C)C(=O)Nc1ccc(OC)cc1. The van der Waals surface area contributed by atoms with Gasteiger partial charge in [0.2, 0.25) is 5.91 Å². The number of anilines is 1. The van der Waals surface area contributed by atoms with Crippen LogP contribution in [0.2, 0.25) is 0 Å². The van der Waals surface area contributed by atoms with Crippen molar-refractivity contribution in [1.82, 2.24) is 14.4 Å². The number of aryl methyl sites for hydroxylation is 1. The minimum absolute atomic E-state index is 0.101. The number of nitrogens with one attached hydrogen (secondary N) is 1. The molecule has 0 bridgehead atoms. The highest BCUT2D eigenvalue weighted by Gasteiger charge is 2.23. The molecule has 0 fully saturated rings. The Kier molecular flexibility index (Phi) is 8.54. The van der Waals surface area contributed by atoms with Crippen LogP contribution < -0.4 is 10.1 Å². The molecule has 9 heteroatoms. The monoisotopic (exact) mass is 454 g/mol. The molecule has 0 saturated carbocycles. The van der Waals surface area contributed by atoms with E-state index in [9.17, 15) is 9.59 Å². The summed E-state index contributed by atoms with van der Waals surface area (Å²) < 4.78 is 17.7. The van der Waals surface area contributed by atoms with Crippen LogP contribution in [0.5, 0.6) is 5.75 Å². The highest BCUT2D eigenvalue weighted by atomic mass is 16.5. The largest absolute Gasteiger partial charge is 0.497 e. The zero-order chi connectivity index (χ0) is 23.6. The molecule has 0 spiro atoms. The molecule has 0 aliphatic rings. The van der Waals surface area contributed by atoms with E-state index in [-0.39, 0.29) is 25.0 Å². The summed E-state index contributed by atoms with van der Waals surface area (Å²) in [6.07, 6.45) is 3.51. The van der Waals surface area contributed by atoms with E-state index in [4.69, 9.17) is 13.9 Å². The first-order chi connectivity index (χ1) is 16.0. The number of benzene rings is 1. The maximum Gasteiger partial charge on any atom is 0.322 e. The molecule has 176 valence electrons. The summed E-state index contributed by atoms with van der Waals surface area (Å²) in [5, 5.41) is 2.83. The number of carbonyl (C=O) groups is 2. The zero-order valence-electron chi connectivity index (χ0n) is 19.2. The van der Waals surface area contributed by atoms with E-state index in [2.05, 4.69) is 5.32 Å². The fourth-order valence-electron chi connectivity index (χ4n) is 3.27. The number of carbonyl (C=O) groups excluding carboxylic acids is 2. The summed E-state index contributed by atoms with van der Waals surface area (Å²) in [6.45, 7) is 1.16. The van der Waals surface area contributed by atoms with Crippen molar-refractivity contribution in [2.45, 2.75) is 13.1 Å². The maximum atomic E-state index is 13.3. The number of aromatic nitrogens is 1. The normalized spacial score (nSPS) is 10.6. The molecule has 0 aliphatic carbocycles. The average Bonchev–Trinajstić information content (AvgIpc) is 3.48. The lowest BCUT2D eigenvalue weighted by molar-refractivity contribution is -0.133. The van der Waals surface area contributed by atoms with Crippen LogP contribution in [0.15, 0.2) is 65.4 Å². The summed E-state index contributed by atoms with van der Waals surface area (Å²) in [5.74, 6) is 1.16. The summed E-state index contributed by atoms with van der Waals surface area (Å²) in [6, 6.07) is 14.1. The van der Waals surface area contributed by atoms with Gasteiger partial charge in [0.1, 0.15) is 18.1 Å². The number of nitrogens with zero attached hydrogens (tertiary/aromatic N) is 3. The second-order valence-corrected chi connectivity index (χ2v) is 7.51. The number of rotatable bonds is 11. The van der Waals surface area contributed by atoms with Crippen molar-refractivity contribution < 1.29 is 23.5 Å². The third kappa shape index (κ3) is 6.88. The van der Waals surface area contributed by atoms with Gasteiger partial charge in [0.15, 0.2) is 0 Å². The Hall–Kier alpha value is -3.72. The van der Waals surface area contributed by atoms with Gasteiger partial charge < -0.3 is 33.6 Å². The molecule has 0 aliphatic heterocycles. The third-order valence-electron chi connectivity index (χ3n) is 5.20. The Balaban J connectivity index is 1.72. The predicted octanol–water partition coefficient (Wildman–Crippen LogP) is 3.34. The molecule has 3 rings (SSSR count). The standard InChI is InChI=1S/C24H30N4O5/c1-26-12-4-6-20(26)16-28(17-22-7-5-14-33-22)23(29)18-27(13-15-31-2)24(30)25-19-8-10-21(32-3)11-9-19/h4-12,14H,13,15-18H2,1-3H3,(H,25,30). The van der Waals surface area contributed by atoms with Crippen LogP contribution in [0.3, 0.4) is 0 Å². The molecule has 3 amide bonds. The minimum Gasteiger partial charge on any atom is -0.497 e. The highest BCUT2D eigenvalue weighted by molar-refractivity contribution is 5.92. The Morgan fingerprint density at radius 3 is 2.42 bits per heavy atom. The lowest BCUT2D eigenvalue weighted by Crippen LogP contribution is -2.45. The average molecular weight is 455 g/mol. The topological polar surface area (TPSA) is 89.2 Å². The van der Waals surface area contributed by atoms with Gasteiger partial charge in [0.25, 0.3) is 0 Å².